The second kappa shape index (κ2) is 11.7. The van der Waals surface area contributed by atoms with Crippen LogP contribution in [0.5, 0.6) is 0 Å². The highest BCUT2D eigenvalue weighted by atomic mass is 19.4. The van der Waals surface area contributed by atoms with E-state index in [0.717, 1.165) is 37.8 Å². The van der Waals surface area contributed by atoms with Gasteiger partial charge >= 0.3 is 6.18 Å². The molecule has 0 saturated carbocycles. The number of halogens is 5. The van der Waals surface area contributed by atoms with Crippen molar-refractivity contribution in [3.8, 4) is 0 Å². The average Bonchev–Trinajstić information content (AvgIpc) is 2.83. The van der Waals surface area contributed by atoms with E-state index in [1.807, 2.05) is 11.8 Å². The Morgan fingerprint density at radius 2 is 1.67 bits per heavy atom. The molecule has 0 radical (unpaired) electrons. The van der Waals surface area contributed by atoms with Crippen LogP contribution in [0.25, 0.3) is 0 Å². The summed E-state index contributed by atoms with van der Waals surface area (Å²) in [7, 11) is 0. The van der Waals surface area contributed by atoms with Crippen molar-refractivity contribution in [1.29, 1.82) is 0 Å². The number of nitrogens with zero attached hydrogens (tertiary/aromatic N) is 2. The van der Waals surface area contributed by atoms with E-state index in [1.165, 1.54) is 12.1 Å². The molecule has 36 heavy (non-hydrogen) atoms. The van der Waals surface area contributed by atoms with Crippen molar-refractivity contribution in [2.24, 2.45) is 0 Å². The van der Waals surface area contributed by atoms with Crippen LogP contribution in [0.4, 0.5) is 33.3 Å². The summed E-state index contributed by atoms with van der Waals surface area (Å²) in [4.78, 5) is 16.9. The molecule has 1 aliphatic rings. The molecule has 196 valence electrons. The van der Waals surface area contributed by atoms with Gasteiger partial charge in [0.25, 0.3) is 5.91 Å². The first-order valence-corrected chi connectivity index (χ1v) is 11.7. The van der Waals surface area contributed by atoms with Crippen molar-refractivity contribution in [2.75, 3.05) is 49.9 Å². The van der Waals surface area contributed by atoms with Gasteiger partial charge in [-0.25, -0.2) is 8.78 Å². The average molecular weight is 512 g/mol. The van der Waals surface area contributed by atoms with Crippen LogP contribution >= 0.6 is 0 Å². The minimum Gasteiger partial charge on any atom is -0.372 e. The Bertz CT molecular complexity index is 1100. The van der Waals surface area contributed by atoms with E-state index >= 15 is 0 Å². The van der Waals surface area contributed by atoms with Gasteiger partial charge < -0.3 is 20.9 Å². The molecule has 2 aromatic carbocycles. The number of rotatable bonds is 9. The Balaban J connectivity index is 1.81. The lowest BCUT2D eigenvalue weighted by Crippen LogP contribution is -2.45. The predicted octanol–water partition coefficient (Wildman–Crippen LogP) is 4.87. The Kier molecular flexibility index (Phi) is 8.91. The number of hydrogen-bond donors (Lipinski definition) is 3. The van der Waals surface area contributed by atoms with E-state index in [1.54, 1.807) is 6.92 Å². The molecule has 11 heteroatoms. The van der Waals surface area contributed by atoms with Crippen molar-refractivity contribution in [3.63, 3.8) is 0 Å². The molecular formula is C25H30F5N5O. The van der Waals surface area contributed by atoms with Gasteiger partial charge in [0.15, 0.2) is 5.82 Å². The molecular weight excluding hydrogens is 481 g/mol. The number of likely N-dealkylation sites (N-methyl/N-ethyl adjacent to an activating group) is 1. The van der Waals surface area contributed by atoms with Gasteiger partial charge in [-0.15, -0.1) is 0 Å². The van der Waals surface area contributed by atoms with E-state index in [4.69, 9.17) is 0 Å². The SMILES string of the molecule is C=C(NCC)Nc1c(F)ccc(NC(=O)c2ccc(CN3CCN(CC)CC3)c(C(F)(F)F)c2)c1F. The molecule has 0 aliphatic carbocycles. The Labute approximate surface area is 207 Å². The fourth-order valence-corrected chi connectivity index (χ4v) is 3.99. The van der Waals surface area contributed by atoms with Crippen LogP contribution in [0.2, 0.25) is 0 Å². The lowest BCUT2D eigenvalue weighted by Gasteiger charge is -2.34. The summed E-state index contributed by atoms with van der Waals surface area (Å²) in [5.41, 5.74) is -2.09. The zero-order valence-electron chi connectivity index (χ0n) is 20.2. The monoisotopic (exact) mass is 511 g/mol. The van der Waals surface area contributed by atoms with Gasteiger partial charge in [0.2, 0.25) is 0 Å². The third-order valence-corrected chi connectivity index (χ3v) is 5.99. The van der Waals surface area contributed by atoms with Crippen molar-refractivity contribution in [3.05, 3.63) is 71.1 Å². The molecule has 3 N–H and O–H groups in total. The fourth-order valence-electron chi connectivity index (χ4n) is 3.99. The number of carbonyl (C=O) groups is 1. The number of anilines is 2. The van der Waals surface area contributed by atoms with E-state index in [-0.39, 0.29) is 29.2 Å². The highest BCUT2D eigenvalue weighted by Gasteiger charge is 2.35. The second-order valence-electron chi connectivity index (χ2n) is 8.45. The number of amides is 1. The molecule has 0 spiro atoms. The molecule has 1 fully saturated rings. The van der Waals surface area contributed by atoms with Crippen LogP contribution in [-0.2, 0) is 12.7 Å². The lowest BCUT2D eigenvalue weighted by atomic mass is 10.0. The first kappa shape index (κ1) is 27.4. The van der Waals surface area contributed by atoms with Gasteiger partial charge in [-0.3, -0.25) is 9.69 Å². The first-order chi connectivity index (χ1) is 17.0. The standard InChI is InChI=1S/C25H30F5N5O/c1-4-31-16(3)32-23-20(26)8-9-21(22(23)27)33-24(36)17-6-7-18(19(14-17)25(28,29)30)15-35-12-10-34(5-2)11-13-35/h6-9,14,31-32H,3-5,10-13,15H2,1-2H3,(H,33,36). The molecule has 1 amide bonds. The maximum Gasteiger partial charge on any atom is 0.416 e. The first-order valence-electron chi connectivity index (χ1n) is 11.7. The fraction of sp³-hybridized carbons (Fsp3) is 0.400. The number of piperazine rings is 1. The van der Waals surface area contributed by atoms with E-state index in [0.29, 0.717) is 19.6 Å². The highest BCUT2D eigenvalue weighted by Crippen LogP contribution is 2.34. The van der Waals surface area contributed by atoms with Gasteiger partial charge in [-0.1, -0.05) is 19.6 Å². The number of carbonyl (C=O) groups excluding carboxylic acids is 1. The maximum absolute atomic E-state index is 14.9. The lowest BCUT2D eigenvalue weighted by molar-refractivity contribution is -0.138. The van der Waals surface area contributed by atoms with Gasteiger partial charge in [0, 0.05) is 44.8 Å². The molecule has 2 aromatic rings. The molecule has 0 unspecified atom stereocenters. The van der Waals surface area contributed by atoms with Crippen LogP contribution in [0.1, 0.15) is 35.3 Å². The maximum atomic E-state index is 14.9. The smallest absolute Gasteiger partial charge is 0.372 e. The number of nitrogens with one attached hydrogen (secondary N) is 3. The van der Waals surface area contributed by atoms with E-state index in [9.17, 15) is 26.7 Å². The molecule has 1 aliphatic heterocycles. The molecule has 0 aromatic heterocycles. The summed E-state index contributed by atoms with van der Waals surface area (Å²) in [6.07, 6.45) is -4.68. The summed E-state index contributed by atoms with van der Waals surface area (Å²) >= 11 is 0. The third-order valence-electron chi connectivity index (χ3n) is 5.99. The van der Waals surface area contributed by atoms with Crippen LogP contribution in [0.15, 0.2) is 42.7 Å². The van der Waals surface area contributed by atoms with Gasteiger partial charge in [0.1, 0.15) is 11.5 Å². The topological polar surface area (TPSA) is 59.6 Å². The Morgan fingerprint density at radius 3 is 2.28 bits per heavy atom. The van der Waals surface area contributed by atoms with Gasteiger partial charge in [0.05, 0.1) is 17.1 Å². The summed E-state index contributed by atoms with van der Waals surface area (Å²) in [6.45, 7) is 11.7. The zero-order valence-corrected chi connectivity index (χ0v) is 20.2. The Morgan fingerprint density at radius 1 is 1.00 bits per heavy atom. The molecule has 0 bridgehead atoms. The third kappa shape index (κ3) is 6.73. The van der Waals surface area contributed by atoms with Gasteiger partial charge in [-0.05, 0) is 43.3 Å². The summed E-state index contributed by atoms with van der Waals surface area (Å²) < 4.78 is 70.6. The van der Waals surface area contributed by atoms with E-state index < -0.39 is 35.0 Å². The summed E-state index contributed by atoms with van der Waals surface area (Å²) in [5.74, 6) is -2.85. The van der Waals surface area contributed by atoms with Crippen LogP contribution in [0.3, 0.4) is 0 Å². The highest BCUT2D eigenvalue weighted by molar-refractivity contribution is 6.04. The minimum absolute atomic E-state index is 0.0605. The van der Waals surface area contributed by atoms with E-state index in [2.05, 4.69) is 27.4 Å². The van der Waals surface area contributed by atoms with Crippen LogP contribution in [-0.4, -0.2) is 55.0 Å². The number of alkyl halides is 3. The second-order valence-corrected chi connectivity index (χ2v) is 8.45. The zero-order chi connectivity index (χ0) is 26.5. The summed E-state index contributed by atoms with van der Waals surface area (Å²) in [5, 5.41) is 7.44. The van der Waals surface area contributed by atoms with Crippen molar-refractivity contribution >= 4 is 17.3 Å². The van der Waals surface area contributed by atoms with Crippen LogP contribution in [0, 0.1) is 11.6 Å². The molecule has 1 heterocycles. The predicted molar refractivity (Wildman–Crippen MR) is 130 cm³/mol. The normalized spacial score (nSPS) is 15.0. The quantitative estimate of drug-likeness (QED) is 0.420. The van der Waals surface area contributed by atoms with Crippen molar-refractivity contribution in [2.45, 2.75) is 26.6 Å². The Hall–Kier alpha value is -3.18. The molecule has 6 nitrogen and oxygen atoms in total. The largest absolute Gasteiger partial charge is 0.416 e. The van der Waals surface area contributed by atoms with Crippen molar-refractivity contribution in [1.82, 2.24) is 15.1 Å². The molecule has 0 atom stereocenters. The summed E-state index contributed by atoms with van der Waals surface area (Å²) in [6, 6.07) is 5.25. The van der Waals surface area contributed by atoms with Crippen LogP contribution < -0.4 is 16.0 Å². The molecule has 3 rings (SSSR count). The molecule has 1 saturated heterocycles. The van der Waals surface area contributed by atoms with Crippen molar-refractivity contribution < 1.29 is 26.7 Å². The number of hydrogen-bond acceptors (Lipinski definition) is 5. The van der Waals surface area contributed by atoms with Gasteiger partial charge in [-0.2, -0.15) is 13.2 Å². The minimum atomic E-state index is -4.68. The number of benzene rings is 2.